The maximum atomic E-state index is 9.59. The lowest BCUT2D eigenvalue weighted by atomic mass is 9.83. The van der Waals surface area contributed by atoms with Crippen LogP contribution in [0.15, 0.2) is 24.3 Å². The first kappa shape index (κ1) is 14.5. The first-order valence-corrected chi connectivity index (χ1v) is 6.91. The van der Waals surface area contributed by atoms with Crippen LogP contribution in [-0.4, -0.2) is 38.9 Å². The number of hydrogen-bond acceptors (Lipinski definition) is 5. The summed E-state index contributed by atoms with van der Waals surface area (Å²) in [5.41, 5.74) is 1.83. The van der Waals surface area contributed by atoms with Crippen LogP contribution >= 0.6 is 0 Å². The van der Waals surface area contributed by atoms with Crippen molar-refractivity contribution in [1.82, 2.24) is 20.6 Å². The SMILES string of the molecule is CCC(CC)(CO)CNc1cccc(-c2nn[nH]n2)c1. The van der Waals surface area contributed by atoms with E-state index in [2.05, 4.69) is 39.8 Å². The van der Waals surface area contributed by atoms with Gasteiger partial charge >= 0.3 is 0 Å². The van der Waals surface area contributed by atoms with E-state index in [4.69, 9.17) is 0 Å². The van der Waals surface area contributed by atoms with E-state index in [-0.39, 0.29) is 12.0 Å². The van der Waals surface area contributed by atoms with Crippen LogP contribution in [0, 0.1) is 5.41 Å². The molecule has 0 amide bonds. The number of nitrogens with one attached hydrogen (secondary N) is 2. The van der Waals surface area contributed by atoms with Crippen LogP contribution in [0.3, 0.4) is 0 Å². The maximum absolute atomic E-state index is 9.59. The number of tetrazole rings is 1. The fraction of sp³-hybridized carbons (Fsp3) is 0.500. The third kappa shape index (κ3) is 3.14. The van der Waals surface area contributed by atoms with Crippen molar-refractivity contribution in [1.29, 1.82) is 0 Å². The smallest absolute Gasteiger partial charge is 0.204 e. The van der Waals surface area contributed by atoms with Crippen LogP contribution in [0.5, 0.6) is 0 Å². The highest BCUT2D eigenvalue weighted by atomic mass is 16.3. The summed E-state index contributed by atoms with van der Waals surface area (Å²) in [6, 6.07) is 7.87. The van der Waals surface area contributed by atoms with Gasteiger partial charge in [0.15, 0.2) is 0 Å². The Morgan fingerprint density at radius 2 is 2.10 bits per heavy atom. The van der Waals surface area contributed by atoms with E-state index in [9.17, 15) is 5.11 Å². The second-order valence-electron chi connectivity index (χ2n) is 5.03. The van der Waals surface area contributed by atoms with Crippen molar-refractivity contribution in [2.24, 2.45) is 5.41 Å². The molecule has 0 saturated heterocycles. The summed E-state index contributed by atoms with van der Waals surface area (Å²) in [7, 11) is 0. The Bertz CT molecular complexity index is 514. The fourth-order valence-corrected chi connectivity index (χ4v) is 2.12. The molecule has 2 rings (SSSR count). The molecular formula is C14H21N5O. The average molecular weight is 275 g/mol. The highest BCUT2D eigenvalue weighted by Crippen LogP contribution is 2.27. The van der Waals surface area contributed by atoms with E-state index in [1.165, 1.54) is 0 Å². The number of aliphatic hydroxyl groups excluding tert-OH is 1. The quantitative estimate of drug-likeness (QED) is 0.720. The molecule has 20 heavy (non-hydrogen) atoms. The maximum Gasteiger partial charge on any atom is 0.204 e. The van der Waals surface area contributed by atoms with Gasteiger partial charge in [0.05, 0.1) is 6.61 Å². The van der Waals surface area contributed by atoms with Crippen LogP contribution < -0.4 is 5.32 Å². The standard InChI is InChI=1S/C14H21N5O/c1-3-14(4-2,10-20)9-15-12-7-5-6-11(8-12)13-16-18-19-17-13/h5-8,15,20H,3-4,9-10H2,1-2H3,(H,16,17,18,19). The zero-order valence-corrected chi connectivity index (χ0v) is 11.9. The van der Waals surface area contributed by atoms with Crippen molar-refractivity contribution < 1.29 is 5.11 Å². The minimum absolute atomic E-state index is 0.0673. The molecule has 6 nitrogen and oxygen atoms in total. The highest BCUT2D eigenvalue weighted by Gasteiger charge is 2.24. The molecule has 0 spiro atoms. The number of H-pyrrole nitrogens is 1. The van der Waals surface area contributed by atoms with Gasteiger partial charge in [-0.25, -0.2) is 0 Å². The summed E-state index contributed by atoms with van der Waals surface area (Å²) in [6.07, 6.45) is 1.88. The van der Waals surface area contributed by atoms with Gasteiger partial charge in [0, 0.05) is 23.2 Å². The minimum Gasteiger partial charge on any atom is -0.396 e. The number of aliphatic hydroxyl groups is 1. The summed E-state index contributed by atoms with van der Waals surface area (Å²) >= 11 is 0. The van der Waals surface area contributed by atoms with Gasteiger partial charge in [-0.05, 0) is 30.2 Å². The normalized spacial score (nSPS) is 11.6. The van der Waals surface area contributed by atoms with E-state index in [0.717, 1.165) is 30.6 Å². The van der Waals surface area contributed by atoms with Crippen LogP contribution in [0.4, 0.5) is 5.69 Å². The van der Waals surface area contributed by atoms with Crippen molar-refractivity contribution in [2.45, 2.75) is 26.7 Å². The molecule has 1 heterocycles. The molecule has 6 heteroatoms. The third-order valence-corrected chi connectivity index (χ3v) is 3.97. The Labute approximate surface area is 118 Å². The second kappa shape index (κ2) is 6.47. The summed E-state index contributed by atoms with van der Waals surface area (Å²) in [5, 5.41) is 26.9. The van der Waals surface area contributed by atoms with E-state index in [1.54, 1.807) is 0 Å². The van der Waals surface area contributed by atoms with Gasteiger partial charge in [0.25, 0.3) is 0 Å². The molecule has 2 aromatic rings. The van der Waals surface area contributed by atoms with Gasteiger partial charge < -0.3 is 10.4 Å². The average Bonchev–Trinajstić information content (AvgIpc) is 3.04. The lowest BCUT2D eigenvalue weighted by Gasteiger charge is -2.30. The molecule has 0 bridgehead atoms. The molecule has 1 aromatic heterocycles. The van der Waals surface area contributed by atoms with Crippen LogP contribution in [0.1, 0.15) is 26.7 Å². The van der Waals surface area contributed by atoms with Crippen molar-refractivity contribution in [3.05, 3.63) is 24.3 Å². The van der Waals surface area contributed by atoms with Gasteiger partial charge in [0.2, 0.25) is 5.82 Å². The molecule has 3 N–H and O–H groups in total. The Morgan fingerprint density at radius 3 is 2.70 bits per heavy atom. The van der Waals surface area contributed by atoms with Crippen LogP contribution in [-0.2, 0) is 0 Å². The summed E-state index contributed by atoms with van der Waals surface area (Å²) in [5.74, 6) is 0.577. The number of benzene rings is 1. The van der Waals surface area contributed by atoms with Crippen LogP contribution in [0.25, 0.3) is 11.4 Å². The van der Waals surface area contributed by atoms with Crippen LogP contribution in [0.2, 0.25) is 0 Å². The van der Waals surface area contributed by atoms with Crippen molar-refractivity contribution in [3.8, 4) is 11.4 Å². The van der Waals surface area contributed by atoms with E-state index in [1.807, 2.05) is 24.3 Å². The number of aromatic nitrogens is 4. The summed E-state index contributed by atoms with van der Waals surface area (Å²) in [6.45, 7) is 5.15. The number of rotatable bonds is 7. The van der Waals surface area contributed by atoms with Crippen molar-refractivity contribution >= 4 is 5.69 Å². The Hall–Kier alpha value is -1.95. The molecule has 0 aliphatic rings. The Balaban J connectivity index is 2.09. The van der Waals surface area contributed by atoms with Crippen molar-refractivity contribution in [3.63, 3.8) is 0 Å². The lowest BCUT2D eigenvalue weighted by molar-refractivity contribution is 0.127. The molecular weight excluding hydrogens is 254 g/mol. The molecule has 0 fully saturated rings. The molecule has 0 atom stereocenters. The zero-order valence-electron chi connectivity index (χ0n) is 11.9. The molecule has 0 aliphatic heterocycles. The molecule has 108 valence electrons. The summed E-state index contributed by atoms with van der Waals surface area (Å²) < 4.78 is 0. The number of aromatic amines is 1. The molecule has 0 radical (unpaired) electrons. The monoisotopic (exact) mass is 275 g/mol. The predicted octanol–water partition coefficient (Wildman–Crippen LogP) is 2.08. The molecule has 0 saturated carbocycles. The molecule has 1 aromatic carbocycles. The second-order valence-corrected chi connectivity index (χ2v) is 5.03. The van der Waals surface area contributed by atoms with E-state index >= 15 is 0 Å². The first-order chi connectivity index (χ1) is 9.73. The lowest BCUT2D eigenvalue weighted by Crippen LogP contribution is -2.32. The van der Waals surface area contributed by atoms with Gasteiger partial charge in [-0.1, -0.05) is 26.0 Å². The van der Waals surface area contributed by atoms with Gasteiger partial charge in [0.1, 0.15) is 0 Å². The fourth-order valence-electron chi connectivity index (χ4n) is 2.12. The highest BCUT2D eigenvalue weighted by molar-refractivity contribution is 5.61. The Kier molecular flexibility index (Phi) is 4.68. The zero-order chi connectivity index (χ0) is 14.4. The minimum atomic E-state index is -0.0673. The van der Waals surface area contributed by atoms with Gasteiger partial charge in [-0.3, -0.25) is 0 Å². The number of hydrogen-bond donors (Lipinski definition) is 3. The van der Waals surface area contributed by atoms with E-state index < -0.39 is 0 Å². The number of nitrogens with zero attached hydrogens (tertiary/aromatic N) is 3. The largest absolute Gasteiger partial charge is 0.396 e. The number of anilines is 1. The Morgan fingerprint density at radius 1 is 1.30 bits per heavy atom. The molecule has 0 unspecified atom stereocenters. The van der Waals surface area contributed by atoms with E-state index in [0.29, 0.717) is 5.82 Å². The van der Waals surface area contributed by atoms with Crippen molar-refractivity contribution in [2.75, 3.05) is 18.5 Å². The first-order valence-electron chi connectivity index (χ1n) is 6.91. The predicted molar refractivity (Wildman–Crippen MR) is 78.2 cm³/mol. The van der Waals surface area contributed by atoms with Gasteiger partial charge in [-0.2, -0.15) is 5.21 Å². The third-order valence-electron chi connectivity index (χ3n) is 3.97. The molecule has 0 aliphatic carbocycles. The van der Waals surface area contributed by atoms with Gasteiger partial charge in [-0.15, -0.1) is 10.2 Å². The topological polar surface area (TPSA) is 86.7 Å². The summed E-state index contributed by atoms with van der Waals surface area (Å²) in [4.78, 5) is 0.